The highest BCUT2D eigenvalue weighted by atomic mass is 35.5. The number of alkyl halides is 1. The average molecular weight is 2190 g/mol. The highest BCUT2D eigenvalue weighted by Gasteiger charge is 2.41. The van der Waals surface area contributed by atoms with Crippen molar-refractivity contribution in [2.24, 2.45) is 28.8 Å². The van der Waals surface area contributed by atoms with Crippen molar-refractivity contribution in [1.82, 2.24) is 24.7 Å². The molecule has 4 heterocycles. The molecule has 1 amide bonds. The fourth-order valence-electron chi connectivity index (χ4n) is 16.4. The normalized spacial score (nSPS) is 17.2. The minimum absolute atomic E-state index is 0.000408. The van der Waals surface area contributed by atoms with Crippen LogP contribution < -0.4 is 34.1 Å². The van der Waals surface area contributed by atoms with Crippen molar-refractivity contribution in [2.45, 2.75) is 151 Å². The maximum atomic E-state index is 14.8. The van der Waals surface area contributed by atoms with Crippen LogP contribution in [-0.4, -0.2) is 218 Å². The lowest BCUT2D eigenvalue weighted by molar-refractivity contribution is -0.00586. The third-order valence-corrected chi connectivity index (χ3v) is 26.5. The van der Waals surface area contributed by atoms with Gasteiger partial charge in [-0.05, 0) is 258 Å². The number of carbonyl (C=O) groups excluding carboxylic acids is 3. The molecule has 8 aromatic carbocycles. The van der Waals surface area contributed by atoms with Crippen molar-refractivity contribution in [3.8, 4) is 23.0 Å². The van der Waals surface area contributed by atoms with Crippen molar-refractivity contribution in [2.75, 3.05) is 146 Å². The van der Waals surface area contributed by atoms with Gasteiger partial charge in [0.2, 0.25) is 20.0 Å². The second-order valence-corrected chi connectivity index (χ2v) is 46.2. The summed E-state index contributed by atoms with van der Waals surface area (Å²) in [5.74, 6) is -1.97. The summed E-state index contributed by atoms with van der Waals surface area (Å²) in [6, 6.07) is 33.0. The molecule has 4 aliphatic carbocycles. The van der Waals surface area contributed by atoms with E-state index in [1.165, 1.54) is 36.4 Å². The molecule has 4 saturated heterocycles. The number of carboxylic acid groups (broad SMARTS) is 1. The first-order chi connectivity index (χ1) is 66.9. The molecule has 8 fully saturated rings. The quantitative estimate of drug-likeness (QED) is 0.0161. The minimum Gasteiger partial charge on any atom is -0.493 e. The summed E-state index contributed by atoms with van der Waals surface area (Å²) in [5.41, 5.74) is 5.23. The van der Waals surface area contributed by atoms with E-state index in [0.29, 0.717) is 140 Å². The number of likely N-dealkylation sites (tertiary alicyclic amines) is 3. The molecule has 0 spiro atoms. The van der Waals surface area contributed by atoms with Crippen molar-refractivity contribution >= 4 is 148 Å². The number of halogens is 13. The van der Waals surface area contributed by atoms with E-state index in [1.54, 1.807) is 119 Å². The second kappa shape index (κ2) is 51.6. The molecule has 25 nitrogen and oxygen atoms in total. The molecule has 0 bridgehead atoms. The van der Waals surface area contributed by atoms with Crippen LogP contribution in [0.5, 0.6) is 23.0 Å². The number of aromatic carboxylic acids is 1. The number of nitrogens with two attached hydrogens (primary N) is 1. The van der Waals surface area contributed by atoms with Crippen molar-refractivity contribution in [1.29, 1.82) is 0 Å². The number of hydrogen-bond donors (Lipinski definition) is 4. The van der Waals surface area contributed by atoms with Crippen LogP contribution in [0.4, 0.5) is 17.6 Å². The van der Waals surface area contributed by atoms with Crippen LogP contribution in [0.3, 0.4) is 0 Å². The average Bonchev–Trinajstić information content (AvgIpc) is 1.68. The van der Waals surface area contributed by atoms with Gasteiger partial charge in [-0.3, -0.25) is 19.5 Å². The topological polar surface area (TPSA) is 309 Å². The van der Waals surface area contributed by atoms with Crippen LogP contribution in [0, 0.1) is 46.9 Å². The third-order valence-electron chi connectivity index (χ3n) is 23.8. The number of methoxy groups -OCH3 is 4. The van der Waals surface area contributed by atoms with Crippen LogP contribution in [-0.2, 0) is 48.5 Å². The highest BCUT2D eigenvalue weighted by molar-refractivity contribution is 7.89. The molecular weight excluding hydrogens is 2070 g/mol. The molecule has 0 radical (unpaired) electrons. The summed E-state index contributed by atoms with van der Waals surface area (Å²) in [7, 11) is -0.386. The van der Waals surface area contributed by atoms with E-state index in [4.69, 9.17) is 152 Å². The monoisotopic (exact) mass is 2190 g/mol. The fourth-order valence-corrected chi connectivity index (χ4v) is 19.3. The Labute approximate surface area is 873 Å². The Morgan fingerprint density at radius 2 is 0.648 bits per heavy atom. The van der Waals surface area contributed by atoms with Gasteiger partial charge in [0, 0.05) is 169 Å². The Balaban J connectivity index is 0.000000172. The molecule has 4 atom stereocenters. The molecular formula is C102H121Cl9F4N6O19S2. The summed E-state index contributed by atoms with van der Waals surface area (Å²) in [6.07, 6.45) is 9.68. The van der Waals surface area contributed by atoms with E-state index in [0.717, 1.165) is 161 Å². The Bertz CT molecular complexity index is 5890. The SMILES string of the molecule is CC(C)(C)OC(=O)c1cc(C2CC2)c(OCC2CNC2)cc1F.COCC(Cl)c1cc(Cl)cc(Cl)c1.COCC(c1cc(Cl)cc(Cl)c1)N1CC(COc2cc(F)c(C(=O)NS(C)(=O)=O)cc2C2CC2)C1.COCC(c1cc(Cl)cc(Cl)c1)N1CC(COc2cc(F)c(C(=O)O)cc2C2CC2)C1.COCC(c1cc(Cl)cc(Cl)c1)N1CC(COc2cc(F)c(C(=O)OC(C)(C)C)cc2C2CC2)C1.CS(N)(=O)=O. The van der Waals surface area contributed by atoms with Crippen molar-refractivity contribution < 1.29 is 106 Å². The second-order valence-electron chi connectivity index (χ2n) is 38.8. The first kappa shape index (κ1) is 115. The molecule has 776 valence electrons. The third kappa shape index (κ3) is 35.8. The molecule has 8 aliphatic rings. The zero-order valence-corrected chi connectivity index (χ0v) is 89.3. The Morgan fingerprint density at radius 3 is 0.887 bits per heavy atom. The van der Waals surface area contributed by atoms with Crippen LogP contribution in [0.25, 0.3) is 0 Å². The van der Waals surface area contributed by atoms with Crippen molar-refractivity contribution in [3.05, 3.63) is 252 Å². The smallest absolute Gasteiger partial charge is 0.341 e. The van der Waals surface area contributed by atoms with Gasteiger partial charge in [-0.2, -0.15) is 0 Å². The number of rotatable bonds is 36. The van der Waals surface area contributed by atoms with Gasteiger partial charge < -0.3 is 57.8 Å². The summed E-state index contributed by atoms with van der Waals surface area (Å²) in [6.45, 7) is 21.1. The number of esters is 2. The minimum atomic E-state index is -3.80. The maximum absolute atomic E-state index is 14.8. The summed E-state index contributed by atoms with van der Waals surface area (Å²) < 4.78 is 157. The Kier molecular flexibility index (Phi) is 41.8. The number of benzene rings is 8. The zero-order valence-electron chi connectivity index (χ0n) is 80.9. The molecule has 142 heavy (non-hydrogen) atoms. The summed E-state index contributed by atoms with van der Waals surface area (Å²) in [5, 5.41) is 21.2. The molecule has 4 unspecified atom stereocenters. The van der Waals surface area contributed by atoms with E-state index in [-0.39, 0.29) is 69.4 Å². The fraction of sp³-hybridized carbons (Fsp3) is 0.490. The van der Waals surface area contributed by atoms with E-state index in [2.05, 4.69) is 25.2 Å². The number of sulfonamides is 2. The van der Waals surface area contributed by atoms with Gasteiger partial charge in [0.1, 0.15) is 57.5 Å². The number of nitrogens with zero attached hydrogens (tertiary/aromatic N) is 3. The number of ether oxygens (including phenoxy) is 10. The van der Waals surface area contributed by atoms with Gasteiger partial charge >= 0.3 is 17.9 Å². The lowest BCUT2D eigenvalue weighted by Crippen LogP contribution is -2.51. The van der Waals surface area contributed by atoms with Crippen LogP contribution in [0.2, 0.25) is 40.2 Å². The first-order valence-corrected chi connectivity index (χ1v) is 53.6. The van der Waals surface area contributed by atoms with E-state index in [9.17, 15) is 58.7 Å². The largest absolute Gasteiger partial charge is 0.493 e. The number of carbonyl (C=O) groups is 4. The molecule has 4 aliphatic heterocycles. The van der Waals surface area contributed by atoms with Gasteiger partial charge in [0.25, 0.3) is 5.91 Å². The van der Waals surface area contributed by atoms with Crippen LogP contribution in [0.15, 0.2) is 121 Å². The van der Waals surface area contributed by atoms with E-state index in [1.807, 2.05) is 41.1 Å². The molecule has 0 aromatic heterocycles. The maximum Gasteiger partial charge on any atom is 0.341 e. The molecule has 8 aromatic rings. The molecule has 16 rings (SSSR count). The van der Waals surface area contributed by atoms with Gasteiger partial charge in [0.15, 0.2) is 0 Å². The Morgan fingerprint density at radius 1 is 0.401 bits per heavy atom. The van der Waals surface area contributed by atoms with Crippen molar-refractivity contribution in [3.63, 3.8) is 0 Å². The molecule has 5 N–H and O–H groups in total. The number of primary sulfonamides is 1. The van der Waals surface area contributed by atoms with E-state index >= 15 is 0 Å². The zero-order chi connectivity index (χ0) is 104. The van der Waals surface area contributed by atoms with Gasteiger partial charge in [-0.1, -0.05) is 92.8 Å². The Hall–Kier alpha value is -7.29. The lowest BCUT2D eigenvalue weighted by Gasteiger charge is -2.44. The standard InChI is InChI=1S/C27H32Cl2FNO4.C24H27Cl2FN2O5S.C23H24Cl2FNO4.C18H24FNO3.C9H9Cl3O.CH5NO2S/c1-27(2,3)35-26(32)22-10-21(17-5-6-17)25(11-23(22)30)34-14-16-12-31(13-16)24(15-33-4)18-7-19(28)9-20(29)8-18;1-33-13-22(16-5-17(25)7-18(26)6-16)29-10-14(11-29)12-34-23-9-21(27)20(8-19(23)15-3-4-15)24(30)28-35(2,31)32;1-30-12-21(15-4-16(24)6-17(25)5-15)27-9-13(10-27)11-31-22-8-20(26)19(23(28)29)7-18(22)14-2-3-14;1-18(2,3)23-17(21)14-6-13(12-4-5-12)16(7-15(14)19)22-10-11-8-20-9-11;1-13-5-9(12)6-2-7(10)4-8(11)3-6;1-5(2,3)4/h7-11,16-17,24H,5-6,12-15H2,1-4H3;5-9,14-15,22H,3-4,10-13H2,1-2H3,(H,28,30);4-8,13-14,21H,2-3,9-12H2,1H3,(H,28,29);6-7,11-12,20H,4-5,8-10H2,1-3H3;2-4,9H,5H2,1H3;1H3,(H2,2,3,4). The highest BCUT2D eigenvalue weighted by Crippen LogP contribution is 2.50. The predicted octanol–water partition coefficient (Wildman–Crippen LogP) is 22.5. The summed E-state index contributed by atoms with van der Waals surface area (Å²) in [4.78, 5) is 55.0. The lowest BCUT2D eigenvalue weighted by atomic mass is 9.95. The van der Waals surface area contributed by atoms with Crippen LogP contribution >= 0.6 is 104 Å². The van der Waals surface area contributed by atoms with Gasteiger partial charge in [-0.15, -0.1) is 11.6 Å². The number of nitrogens with one attached hydrogen (secondary N) is 2. The molecule has 4 saturated carbocycles. The number of carboxylic acids is 1. The number of hydrogen-bond acceptors (Lipinski definition) is 22. The van der Waals surface area contributed by atoms with Crippen LogP contribution in [0.1, 0.15) is 226 Å². The summed E-state index contributed by atoms with van der Waals surface area (Å²) >= 11 is 54.7. The van der Waals surface area contributed by atoms with Gasteiger partial charge in [-0.25, -0.2) is 58.6 Å². The number of amides is 1. The first-order valence-electron chi connectivity index (χ1n) is 46.3. The predicted molar refractivity (Wildman–Crippen MR) is 546 cm³/mol. The molecule has 40 heteroatoms. The van der Waals surface area contributed by atoms with Gasteiger partial charge in [0.05, 0.1) is 111 Å². The van der Waals surface area contributed by atoms with E-state index < -0.39 is 78.3 Å².